The Balaban J connectivity index is 5.57. The molecular weight excluding hydrogens is 271 g/mol. The fraction of sp³-hybridized carbons (Fsp3) is 1.00. The second-order valence-electron chi connectivity index (χ2n) is 2.55. The van der Waals surface area contributed by atoms with Gasteiger partial charge < -0.3 is 8.99 Å². The van der Waals surface area contributed by atoms with Crippen LogP contribution in [0.1, 0.15) is 13.8 Å². The van der Waals surface area contributed by atoms with E-state index in [1.54, 1.807) is 0 Å². The van der Waals surface area contributed by atoms with Gasteiger partial charge in [-0.2, -0.15) is 17.0 Å². The van der Waals surface area contributed by atoms with Gasteiger partial charge in [0.05, 0.1) is 0 Å². The maximum atomic E-state index is 12.2. The highest BCUT2D eigenvalue weighted by atomic mass is 32.3. The van der Waals surface area contributed by atoms with Gasteiger partial charge in [-0.15, -0.1) is 0 Å². The lowest BCUT2D eigenvalue weighted by atomic mass is 10.6. The Morgan fingerprint density at radius 2 is 1.62 bits per heavy atom. The zero-order valence-corrected chi connectivity index (χ0v) is 10.1. The third-order valence-corrected chi connectivity index (χ3v) is 4.34. The molecule has 0 aromatic heterocycles. The molecule has 0 radical (unpaired) electrons. The summed E-state index contributed by atoms with van der Waals surface area (Å²) in [6, 6.07) is 0. The summed E-state index contributed by atoms with van der Waals surface area (Å²) in [7, 11) is -8.84. The standard InChI is InChI=1S/C5H11F3N3O3S2/c1-3-10(4-2)11(15(9)12)16(13,14)5(6,7)8/h9H,3-4H2,1-2H3/q-1. The maximum absolute atomic E-state index is 12.2. The molecule has 0 saturated carbocycles. The van der Waals surface area contributed by atoms with Crippen LogP contribution in [0.25, 0.3) is 0 Å². The minimum absolute atomic E-state index is 0.115. The first-order valence-corrected chi connectivity index (χ1v) is 6.63. The van der Waals surface area contributed by atoms with E-state index in [2.05, 4.69) is 0 Å². The molecule has 0 aliphatic rings. The van der Waals surface area contributed by atoms with Gasteiger partial charge in [-0.1, -0.05) is 24.6 Å². The van der Waals surface area contributed by atoms with Crippen LogP contribution in [0.4, 0.5) is 13.2 Å². The Kier molecular flexibility index (Phi) is 5.16. The van der Waals surface area contributed by atoms with Crippen molar-refractivity contribution in [3.8, 4) is 0 Å². The van der Waals surface area contributed by atoms with Gasteiger partial charge in [-0.05, 0) is 0 Å². The van der Waals surface area contributed by atoms with Gasteiger partial charge in [0, 0.05) is 13.1 Å². The summed E-state index contributed by atoms with van der Waals surface area (Å²) < 4.78 is 75.6. The predicted molar refractivity (Wildman–Crippen MR) is 50.5 cm³/mol. The van der Waals surface area contributed by atoms with Crippen molar-refractivity contribution in [1.29, 1.82) is 4.78 Å². The van der Waals surface area contributed by atoms with Crippen molar-refractivity contribution < 1.29 is 25.8 Å². The first-order chi connectivity index (χ1) is 7.09. The lowest BCUT2D eigenvalue weighted by Gasteiger charge is -2.35. The van der Waals surface area contributed by atoms with Gasteiger partial charge >= 0.3 is 15.5 Å². The van der Waals surface area contributed by atoms with Crippen LogP contribution < -0.4 is 0 Å². The molecule has 0 amide bonds. The Hall–Kier alpha value is -0.390. The molecule has 1 N–H and O–H groups in total. The van der Waals surface area contributed by atoms with Crippen molar-refractivity contribution in [3.63, 3.8) is 0 Å². The van der Waals surface area contributed by atoms with Gasteiger partial charge in [-0.3, -0.25) is 0 Å². The summed E-state index contributed by atoms with van der Waals surface area (Å²) in [5.41, 5.74) is -5.58. The second kappa shape index (κ2) is 5.29. The van der Waals surface area contributed by atoms with Crippen molar-refractivity contribution in [3.05, 3.63) is 0 Å². The summed E-state index contributed by atoms with van der Waals surface area (Å²) in [5.74, 6) is 0. The molecule has 11 heteroatoms. The number of rotatable bonds is 5. The topological polar surface area (TPSA) is 81.5 Å². The van der Waals surface area contributed by atoms with Crippen LogP contribution in [0.2, 0.25) is 0 Å². The predicted octanol–water partition coefficient (Wildman–Crippen LogP) is 1.04. The van der Waals surface area contributed by atoms with E-state index < -0.39 is 30.1 Å². The number of halogens is 3. The molecule has 0 atom stereocenters. The molecule has 0 aliphatic heterocycles. The van der Waals surface area contributed by atoms with Crippen molar-refractivity contribution in [1.82, 2.24) is 8.83 Å². The number of nitrogens with one attached hydrogen (secondary N) is 1. The second-order valence-corrected chi connectivity index (χ2v) is 5.38. The number of hydrazine groups is 1. The normalized spacial score (nSPS) is 14.0. The van der Waals surface area contributed by atoms with Gasteiger partial charge in [0.1, 0.15) is 0 Å². The van der Waals surface area contributed by atoms with E-state index in [1.165, 1.54) is 13.8 Å². The van der Waals surface area contributed by atoms with E-state index in [4.69, 9.17) is 4.78 Å². The molecule has 0 spiro atoms. The number of hydrogen-bond donors (Lipinski definition) is 1. The third kappa shape index (κ3) is 3.06. The maximum Gasteiger partial charge on any atom is 0.511 e. The SMILES string of the molecule is CCN(CC)N([S-](=N)=O)S(=O)(=O)C(F)(F)F. The zero-order chi connectivity index (χ0) is 13.1. The first-order valence-electron chi connectivity index (χ1n) is 4.09. The summed E-state index contributed by atoms with van der Waals surface area (Å²) in [6.07, 6.45) is 0. The lowest BCUT2D eigenvalue weighted by molar-refractivity contribution is -0.0522. The van der Waals surface area contributed by atoms with Crippen LogP contribution in [0, 0.1) is 4.78 Å². The lowest BCUT2D eigenvalue weighted by Crippen LogP contribution is -2.49. The Morgan fingerprint density at radius 1 is 1.25 bits per heavy atom. The van der Waals surface area contributed by atoms with Crippen LogP contribution in [0.3, 0.4) is 0 Å². The Morgan fingerprint density at radius 3 is 1.81 bits per heavy atom. The molecule has 0 bridgehead atoms. The van der Waals surface area contributed by atoms with Crippen molar-refractivity contribution >= 4 is 20.8 Å². The first kappa shape index (κ1) is 15.6. The van der Waals surface area contributed by atoms with E-state index in [9.17, 15) is 25.8 Å². The van der Waals surface area contributed by atoms with Crippen molar-refractivity contribution in [2.24, 2.45) is 0 Å². The van der Waals surface area contributed by atoms with Crippen LogP contribution >= 0.6 is 0 Å². The summed E-state index contributed by atoms with van der Waals surface area (Å²) >= 11 is 0. The number of sulfonamides is 1. The smallest absolute Gasteiger partial charge is 0.428 e. The number of alkyl halides is 3. The third-order valence-electron chi connectivity index (χ3n) is 1.60. The van der Waals surface area contributed by atoms with Gasteiger partial charge in [0.15, 0.2) is 0 Å². The zero-order valence-electron chi connectivity index (χ0n) is 8.48. The highest BCUT2D eigenvalue weighted by Crippen LogP contribution is 2.28. The summed E-state index contributed by atoms with van der Waals surface area (Å²) in [4.78, 5) is 0. The molecule has 0 rings (SSSR count). The quantitative estimate of drug-likeness (QED) is 0.603. The van der Waals surface area contributed by atoms with Crippen LogP contribution in [-0.4, -0.2) is 35.8 Å². The molecule has 0 aromatic carbocycles. The van der Waals surface area contributed by atoms with Crippen molar-refractivity contribution in [2.45, 2.75) is 19.4 Å². The molecular formula is C5H11F3N3O3S2-. The van der Waals surface area contributed by atoms with Crippen LogP contribution in [-0.2, 0) is 25.0 Å². The summed E-state index contributed by atoms with van der Waals surface area (Å²) in [5, 5.41) is 0.659. The van der Waals surface area contributed by atoms with Crippen LogP contribution in [0.15, 0.2) is 0 Å². The highest BCUT2D eigenvalue weighted by Gasteiger charge is 2.49. The summed E-state index contributed by atoms with van der Waals surface area (Å²) in [6.45, 7) is 2.54. The Labute approximate surface area is 93.2 Å². The van der Waals surface area contributed by atoms with Gasteiger partial charge in [0.25, 0.3) is 0 Å². The Bertz CT molecular complexity index is 391. The van der Waals surface area contributed by atoms with Gasteiger partial charge in [0.2, 0.25) is 0 Å². The average molecular weight is 282 g/mol. The monoisotopic (exact) mass is 282 g/mol. The molecule has 0 fully saturated rings. The van der Waals surface area contributed by atoms with Crippen LogP contribution in [0.5, 0.6) is 0 Å². The molecule has 98 valence electrons. The molecule has 0 aromatic rings. The fourth-order valence-corrected chi connectivity index (χ4v) is 3.01. The number of nitrogens with zero attached hydrogens (tertiary/aromatic N) is 2. The molecule has 6 nitrogen and oxygen atoms in total. The molecule has 0 saturated heterocycles. The van der Waals surface area contributed by atoms with E-state index in [1.807, 2.05) is 0 Å². The van der Waals surface area contributed by atoms with E-state index in [-0.39, 0.29) is 13.1 Å². The minimum Gasteiger partial charge on any atom is -0.428 e. The molecule has 0 heterocycles. The highest BCUT2D eigenvalue weighted by molar-refractivity contribution is 7.98. The largest absolute Gasteiger partial charge is 0.511 e. The van der Waals surface area contributed by atoms with Gasteiger partial charge in [-0.25, -0.2) is 13.4 Å². The van der Waals surface area contributed by atoms with Crippen molar-refractivity contribution in [2.75, 3.05) is 13.1 Å². The molecule has 0 aliphatic carbocycles. The molecule has 16 heavy (non-hydrogen) atoms. The fourth-order valence-electron chi connectivity index (χ4n) is 0.889. The van der Waals surface area contributed by atoms with E-state index in [0.29, 0.717) is 5.01 Å². The molecule has 0 unspecified atom stereocenters. The minimum atomic E-state index is -5.79. The number of hydrogen-bond acceptors (Lipinski definition) is 6. The van der Waals surface area contributed by atoms with E-state index in [0.717, 1.165) is 0 Å². The average Bonchev–Trinajstić information content (AvgIpc) is 2.10. The van der Waals surface area contributed by atoms with E-state index >= 15 is 0 Å².